The standard InChI is InChI=1S/C19H19ClN2O5S/c20-14-6-9-17(16(12-14)19(24)25)28(26,27)21-15-7-4-13(5-8-15)18(23)22-10-2-1-3-11-22/h4-9,12,21H,1-3,10-11H2,(H,24,25). The quantitative estimate of drug-likeness (QED) is 0.767. The molecule has 148 valence electrons. The predicted octanol–water partition coefficient (Wildman–Crippen LogP) is 3.47. The third-order valence-corrected chi connectivity index (χ3v) is 6.16. The Balaban J connectivity index is 1.80. The number of anilines is 1. The lowest BCUT2D eigenvalue weighted by atomic mass is 10.1. The first-order valence-electron chi connectivity index (χ1n) is 8.73. The molecule has 3 rings (SSSR count). The van der Waals surface area contributed by atoms with Gasteiger partial charge in [0.1, 0.15) is 4.90 Å². The van der Waals surface area contributed by atoms with Crippen molar-refractivity contribution in [1.29, 1.82) is 0 Å². The summed E-state index contributed by atoms with van der Waals surface area (Å²) in [5.41, 5.74) is 0.279. The lowest BCUT2D eigenvalue weighted by Gasteiger charge is -2.26. The van der Waals surface area contributed by atoms with Crippen molar-refractivity contribution in [3.8, 4) is 0 Å². The number of amides is 1. The maximum Gasteiger partial charge on any atom is 0.337 e. The van der Waals surface area contributed by atoms with Crippen LogP contribution >= 0.6 is 11.6 Å². The van der Waals surface area contributed by atoms with Gasteiger partial charge in [-0.15, -0.1) is 0 Å². The van der Waals surface area contributed by atoms with E-state index in [9.17, 15) is 23.1 Å². The molecule has 0 spiro atoms. The number of nitrogens with one attached hydrogen (secondary N) is 1. The van der Waals surface area contributed by atoms with Gasteiger partial charge in [-0.05, 0) is 61.7 Å². The van der Waals surface area contributed by atoms with Gasteiger partial charge in [0.25, 0.3) is 15.9 Å². The van der Waals surface area contributed by atoms with Crippen LogP contribution in [0, 0.1) is 0 Å². The van der Waals surface area contributed by atoms with Crippen LogP contribution < -0.4 is 4.72 Å². The first-order valence-corrected chi connectivity index (χ1v) is 10.6. The van der Waals surface area contributed by atoms with Gasteiger partial charge in [-0.25, -0.2) is 13.2 Å². The summed E-state index contributed by atoms with van der Waals surface area (Å²) in [7, 11) is -4.14. The minimum atomic E-state index is -4.14. The first kappa shape index (κ1) is 20.2. The summed E-state index contributed by atoms with van der Waals surface area (Å²) >= 11 is 5.77. The number of benzene rings is 2. The highest BCUT2D eigenvalue weighted by atomic mass is 35.5. The van der Waals surface area contributed by atoms with Gasteiger partial charge in [-0.3, -0.25) is 9.52 Å². The zero-order chi connectivity index (χ0) is 20.3. The van der Waals surface area contributed by atoms with Gasteiger partial charge in [-0.1, -0.05) is 11.6 Å². The molecule has 2 aromatic carbocycles. The van der Waals surface area contributed by atoms with Crippen LogP contribution in [0.25, 0.3) is 0 Å². The van der Waals surface area contributed by atoms with Crippen LogP contribution in [0.1, 0.15) is 40.0 Å². The van der Waals surface area contributed by atoms with Crippen molar-refractivity contribution in [3.05, 3.63) is 58.6 Å². The van der Waals surface area contributed by atoms with E-state index in [0.717, 1.165) is 44.5 Å². The van der Waals surface area contributed by atoms with E-state index < -0.39 is 26.5 Å². The molecule has 1 aliphatic rings. The van der Waals surface area contributed by atoms with Gasteiger partial charge in [0.15, 0.2) is 0 Å². The fourth-order valence-electron chi connectivity index (χ4n) is 3.07. The van der Waals surface area contributed by atoms with Crippen LogP contribution in [0.2, 0.25) is 5.02 Å². The summed E-state index contributed by atoms with van der Waals surface area (Å²) in [6.07, 6.45) is 3.08. The molecule has 1 amide bonds. The minimum Gasteiger partial charge on any atom is -0.478 e. The van der Waals surface area contributed by atoms with E-state index in [1.165, 1.54) is 18.2 Å². The predicted molar refractivity (Wildman–Crippen MR) is 105 cm³/mol. The molecule has 1 aliphatic heterocycles. The number of nitrogens with zero attached hydrogens (tertiary/aromatic N) is 1. The van der Waals surface area contributed by atoms with Crippen LogP contribution in [0.15, 0.2) is 47.4 Å². The maximum absolute atomic E-state index is 12.6. The molecule has 2 N–H and O–H groups in total. The second-order valence-electron chi connectivity index (χ2n) is 6.48. The molecule has 1 heterocycles. The SMILES string of the molecule is O=C(O)c1cc(Cl)ccc1S(=O)(=O)Nc1ccc(C(=O)N2CCCCC2)cc1. The Bertz CT molecular complexity index is 999. The highest BCUT2D eigenvalue weighted by Gasteiger charge is 2.23. The highest BCUT2D eigenvalue weighted by Crippen LogP contribution is 2.24. The average Bonchev–Trinajstić information content (AvgIpc) is 2.68. The number of halogens is 1. The zero-order valence-electron chi connectivity index (χ0n) is 14.9. The molecule has 0 aliphatic carbocycles. The molecule has 9 heteroatoms. The molecule has 2 aromatic rings. The molecule has 1 saturated heterocycles. The summed E-state index contributed by atoms with van der Waals surface area (Å²) in [6.45, 7) is 1.45. The molecule has 1 fully saturated rings. The summed E-state index contributed by atoms with van der Waals surface area (Å²) in [4.78, 5) is 25.2. The molecule has 0 saturated carbocycles. The maximum atomic E-state index is 12.6. The number of aromatic carboxylic acids is 1. The van der Waals surface area contributed by atoms with E-state index in [1.807, 2.05) is 0 Å². The monoisotopic (exact) mass is 422 g/mol. The molecule has 0 radical (unpaired) electrons. The van der Waals surface area contributed by atoms with Crippen LogP contribution in [0.4, 0.5) is 5.69 Å². The minimum absolute atomic E-state index is 0.0834. The first-order chi connectivity index (χ1) is 13.3. The van der Waals surface area contributed by atoms with Crippen molar-refractivity contribution in [2.75, 3.05) is 17.8 Å². The molecule has 7 nitrogen and oxygen atoms in total. The number of carbonyl (C=O) groups excluding carboxylic acids is 1. The number of hydrogen-bond donors (Lipinski definition) is 2. The number of sulfonamides is 1. The van der Waals surface area contributed by atoms with E-state index in [2.05, 4.69) is 4.72 Å². The molecule has 28 heavy (non-hydrogen) atoms. The summed E-state index contributed by atoms with van der Waals surface area (Å²) in [5.74, 6) is -1.48. The lowest BCUT2D eigenvalue weighted by Crippen LogP contribution is -2.35. The van der Waals surface area contributed by atoms with Crippen LogP contribution in [0.3, 0.4) is 0 Å². The molecular weight excluding hydrogens is 404 g/mol. The number of carbonyl (C=O) groups is 2. The van der Waals surface area contributed by atoms with E-state index >= 15 is 0 Å². The van der Waals surface area contributed by atoms with Gasteiger partial charge in [-0.2, -0.15) is 0 Å². The van der Waals surface area contributed by atoms with Gasteiger partial charge >= 0.3 is 5.97 Å². The second kappa shape index (κ2) is 8.20. The van der Waals surface area contributed by atoms with E-state index in [0.29, 0.717) is 5.56 Å². The van der Waals surface area contributed by atoms with Crippen LogP contribution in [0.5, 0.6) is 0 Å². The van der Waals surface area contributed by atoms with E-state index in [1.54, 1.807) is 17.0 Å². The van der Waals surface area contributed by atoms with Crippen molar-refractivity contribution in [1.82, 2.24) is 4.90 Å². The highest BCUT2D eigenvalue weighted by molar-refractivity contribution is 7.92. The van der Waals surface area contributed by atoms with Crippen molar-refractivity contribution < 1.29 is 23.1 Å². The summed E-state index contributed by atoms with van der Waals surface area (Å²) < 4.78 is 27.6. The van der Waals surface area contributed by atoms with E-state index in [-0.39, 0.29) is 16.6 Å². The molecule has 0 aromatic heterocycles. The van der Waals surface area contributed by atoms with E-state index in [4.69, 9.17) is 11.6 Å². The number of rotatable bonds is 5. The normalized spacial score (nSPS) is 14.5. The Kier molecular flexibility index (Phi) is 5.90. The number of hydrogen-bond acceptors (Lipinski definition) is 4. The van der Waals surface area contributed by atoms with Crippen molar-refractivity contribution in [2.45, 2.75) is 24.2 Å². The zero-order valence-corrected chi connectivity index (χ0v) is 16.5. The molecule has 0 unspecified atom stereocenters. The van der Waals surface area contributed by atoms with Gasteiger partial charge < -0.3 is 10.0 Å². The molecular formula is C19H19ClN2O5S. The Morgan fingerprint density at radius 3 is 2.25 bits per heavy atom. The third-order valence-electron chi connectivity index (χ3n) is 4.49. The smallest absolute Gasteiger partial charge is 0.337 e. The number of carboxylic acid groups (broad SMARTS) is 1. The molecule has 0 bridgehead atoms. The van der Waals surface area contributed by atoms with Gasteiger partial charge in [0, 0.05) is 29.4 Å². The second-order valence-corrected chi connectivity index (χ2v) is 8.57. The fraction of sp³-hybridized carbons (Fsp3) is 0.263. The van der Waals surface area contributed by atoms with Crippen molar-refractivity contribution in [2.24, 2.45) is 0 Å². The lowest BCUT2D eigenvalue weighted by molar-refractivity contribution is 0.0690. The Hall–Kier alpha value is -2.58. The Labute approximate surface area is 168 Å². The molecule has 0 atom stereocenters. The number of piperidine rings is 1. The van der Waals surface area contributed by atoms with Gasteiger partial charge in [0.05, 0.1) is 5.56 Å². The summed E-state index contributed by atoms with van der Waals surface area (Å²) in [5, 5.41) is 9.37. The Morgan fingerprint density at radius 1 is 1.00 bits per heavy atom. The topological polar surface area (TPSA) is 104 Å². The third kappa shape index (κ3) is 4.45. The summed E-state index contributed by atoms with van der Waals surface area (Å²) in [6, 6.07) is 9.59. The largest absolute Gasteiger partial charge is 0.478 e. The number of carboxylic acids is 1. The van der Waals surface area contributed by atoms with Crippen molar-refractivity contribution >= 4 is 39.2 Å². The number of likely N-dealkylation sites (tertiary alicyclic amines) is 1. The van der Waals surface area contributed by atoms with Crippen LogP contribution in [-0.2, 0) is 10.0 Å². The average molecular weight is 423 g/mol. The Morgan fingerprint density at radius 2 is 1.64 bits per heavy atom. The van der Waals surface area contributed by atoms with Crippen molar-refractivity contribution in [3.63, 3.8) is 0 Å². The van der Waals surface area contributed by atoms with Crippen LogP contribution in [-0.4, -0.2) is 43.4 Å². The van der Waals surface area contributed by atoms with Gasteiger partial charge in [0.2, 0.25) is 0 Å². The fourth-order valence-corrected chi connectivity index (χ4v) is 4.49.